The van der Waals surface area contributed by atoms with Crippen molar-refractivity contribution in [1.82, 2.24) is 15.1 Å². The van der Waals surface area contributed by atoms with E-state index in [0.29, 0.717) is 0 Å². The third-order valence-corrected chi connectivity index (χ3v) is 5.46. The molecule has 0 fully saturated rings. The Bertz CT molecular complexity index is 1330. The van der Waals surface area contributed by atoms with E-state index in [0.717, 1.165) is 39.6 Å². The fourth-order valence-electron chi connectivity index (χ4n) is 3.36. The maximum absolute atomic E-state index is 13.1. The molecule has 0 radical (unpaired) electrons. The van der Waals surface area contributed by atoms with Gasteiger partial charge in [-0.05, 0) is 62.6 Å². The molecular formula is C25H24F3N3O4. The van der Waals surface area contributed by atoms with Crippen molar-refractivity contribution in [2.75, 3.05) is 6.61 Å². The smallest absolute Gasteiger partial charge is 0.416 e. The van der Waals surface area contributed by atoms with Crippen LogP contribution in [0.25, 0.3) is 5.69 Å². The lowest BCUT2D eigenvalue weighted by Gasteiger charge is -2.16. The van der Waals surface area contributed by atoms with E-state index in [2.05, 4.69) is 10.4 Å². The van der Waals surface area contributed by atoms with Crippen LogP contribution in [0.5, 0.6) is 0 Å². The zero-order chi connectivity index (χ0) is 25.9. The minimum Gasteiger partial charge on any atom is -0.451 e. The first-order valence-corrected chi connectivity index (χ1v) is 10.7. The molecule has 184 valence electrons. The number of alkyl halides is 3. The molecule has 0 saturated carbocycles. The van der Waals surface area contributed by atoms with Gasteiger partial charge in [-0.15, -0.1) is 0 Å². The Morgan fingerprint density at radius 2 is 1.77 bits per heavy atom. The summed E-state index contributed by atoms with van der Waals surface area (Å²) in [5, 5.41) is 6.60. The van der Waals surface area contributed by atoms with Crippen LogP contribution < -0.4 is 10.7 Å². The number of amides is 1. The van der Waals surface area contributed by atoms with Crippen LogP contribution in [0.2, 0.25) is 0 Å². The van der Waals surface area contributed by atoms with Crippen molar-refractivity contribution in [3.05, 3.63) is 92.4 Å². The van der Waals surface area contributed by atoms with Gasteiger partial charge in [0, 0.05) is 11.8 Å². The first kappa shape index (κ1) is 25.7. The van der Waals surface area contributed by atoms with Gasteiger partial charge in [0.15, 0.2) is 6.61 Å². The highest BCUT2D eigenvalue weighted by Gasteiger charge is 2.30. The Morgan fingerprint density at radius 1 is 1.06 bits per heavy atom. The summed E-state index contributed by atoms with van der Waals surface area (Å²) in [5.74, 6) is -1.75. The quantitative estimate of drug-likeness (QED) is 0.526. The molecule has 2 aromatic carbocycles. The topological polar surface area (TPSA) is 90.3 Å². The first-order valence-electron chi connectivity index (χ1n) is 10.7. The Kier molecular flexibility index (Phi) is 7.42. The van der Waals surface area contributed by atoms with Crippen molar-refractivity contribution in [2.24, 2.45) is 0 Å². The summed E-state index contributed by atoms with van der Waals surface area (Å²) in [5.41, 5.74) is 0.936. The summed E-state index contributed by atoms with van der Waals surface area (Å²) in [7, 11) is 0. The molecule has 0 spiro atoms. The molecule has 3 aromatic rings. The van der Waals surface area contributed by atoms with Crippen LogP contribution in [0.4, 0.5) is 13.2 Å². The van der Waals surface area contributed by atoms with Gasteiger partial charge in [0.1, 0.15) is 0 Å². The second-order valence-corrected chi connectivity index (χ2v) is 8.17. The number of halogens is 3. The van der Waals surface area contributed by atoms with Crippen molar-refractivity contribution in [1.29, 1.82) is 0 Å². The zero-order valence-electron chi connectivity index (χ0n) is 19.6. The monoisotopic (exact) mass is 487 g/mol. The van der Waals surface area contributed by atoms with E-state index < -0.39 is 41.3 Å². The Balaban J connectivity index is 1.73. The molecule has 1 unspecified atom stereocenters. The van der Waals surface area contributed by atoms with Crippen LogP contribution in [0.15, 0.2) is 53.3 Å². The van der Waals surface area contributed by atoms with Crippen molar-refractivity contribution >= 4 is 11.9 Å². The van der Waals surface area contributed by atoms with Gasteiger partial charge in [-0.25, -0.2) is 9.48 Å². The molecule has 1 atom stereocenters. The fraction of sp³-hybridized carbons (Fsp3) is 0.280. The highest BCUT2D eigenvalue weighted by Crippen LogP contribution is 2.30. The number of carbonyl (C=O) groups is 2. The fourth-order valence-corrected chi connectivity index (χ4v) is 3.36. The van der Waals surface area contributed by atoms with E-state index >= 15 is 0 Å². The van der Waals surface area contributed by atoms with Crippen molar-refractivity contribution in [2.45, 2.75) is 39.9 Å². The average Bonchev–Trinajstić information content (AvgIpc) is 2.79. The molecule has 1 heterocycles. The molecule has 0 aliphatic carbocycles. The largest absolute Gasteiger partial charge is 0.451 e. The van der Waals surface area contributed by atoms with Gasteiger partial charge in [0.2, 0.25) is 11.1 Å². The summed E-state index contributed by atoms with van der Waals surface area (Å²) in [6.07, 6.45) is -4.58. The van der Waals surface area contributed by atoms with Crippen LogP contribution in [-0.2, 0) is 15.7 Å². The molecule has 35 heavy (non-hydrogen) atoms. The van der Waals surface area contributed by atoms with Crippen LogP contribution in [0.1, 0.15) is 51.4 Å². The number of hydrogen-bond acceptors (Lipinski definition) is 5. The van der Waals surface area contributed by atoms with E-state index in [4.69, 9.17) is 4.74 Å². The predicted octanol–water partition coefficient (Wildman–Crippen LogP) is 4.21. The highest BCUT2D eigenvalue weighted by atomic mass is 19.4. The molecule has 0 aliphatic heterocycles. The number of esters is 1. The number of benzene rings is 2. The van der Waals surface area contributed by atoms with Crippen LogP contribution >= 0.6 is 0 Å². The van der Waals surface area contributed by atoms with Crippen molar-refractivity contribution in [3.8, 4) is 5.69 Å². The van der Waals surface area contributed by atoms with Gasteiger partial charge in [0.05, 0.1) is 17.3 Å². The average molecular weight is 487 g/mol. The lowest BCUT2D eigenvalue weighted by Crippen LogP contribution is -2.32. The normalized spacial score (nSPS) is 12.2. The van der Waals surface area contributed by atoms with Crippen molar-refractivity contribution < 1.29 is 27.5 Å². The lowest BCUT2D eigenvalue weighted by atomic mass is 10.0. The number of hydrogen-bond donors (Lipinski definition) is 1. The van der Waals surface area contributed by atoms with Gasteiger partial charge >= 0.3 is 12.1 Å². The number of nitrogens with one attached hydrogen (secondary N) is 1. The summed E-state index contributed by atoms with van der Waals surface area (Å²) in [4.78, 5) is 37.0. The highest BCUT2D eigenvalue weighted by molar-refractivity contribution is 5.89. The van der Waals surface area contributed by atoms with E-state index in [1.165, 1.54) is 19.1 Å². The zero-order valence-corrected chi connectivity index (χ0v) is 19.6. The van der Waals surface area contributed by atoms with Crippen LogP contribution in [-0.4, -0.2) is 28.3 Å². The molecule has 3 rings (SSSR count). The van der Waals surface area contributed by atoms with Gasteiger partial charge < -0.3 is 10.1 Å². The minimum absolute atomic E-state index is 0.00586. The summed E-state index contributed by atoms with van der Waals surface area (Å²) in [6, 6.07) is 10.8. The van der Waals surface area contributed by atoms with Gasteiger partial charge in [0.25, 0.3) is 5.91 Å². The van der Waals surface area contributed by atoms with Gasteiger partial charge in [-0.2, -0.15) is 18.3 Å². The van der Waals surface area contributed by atoms with E-state index in [-0.39, 0.29) is 17.4 Å². The molecule has 0 aliphatic rings. The molecule has 1 N–H and O–H groups in total. The number of carbonyl (C=O) groups excluding carboxylic acids is 2. The first-order chi connectivity index (χ1) is 16.4. The van der Waals surface area contributed by atoms with Gasteiger partial charge in [-0.3, -0.25) is 9.59 Å². The summed E-state index contributed by atoms with van der Waals surface area (Å²) < 4.78 is 45.2. The third-order valence-electron chi connectivity index (χ3n) is 5.46. The Morgan fingerprint density at radius 3 is 2.43 bits per heavy atom. The molecular weight excluding hydrogens is 463 g/mol. The SMILES string of the molecule is Cc1ccc(C(C)NC(=O)COC(=O)c2nn(-c3cccc(C(F)(F)F)c3)c(C)cc2=O)cc1C. The van der Waals surface area contributed by atoms with E-state index in [9.17, 15) is 27.6 Å². The Hall–Kier alpha value is -3.95. The number of aromatic nitrogens is 2. The molecule has 10 heteroatoms. The second kappa shape index (κ2) is 10.1. The molecule has 7 nitrogen and oxygen atoms in total. The summed E-state index contributed by atoms with van der Waals surface area (Å²) in [6.45, 7) is 6.51. The molecule has 0 bridgehead atoms. The second-order valence-electron chi connectivity index (χ2n) is 8.17. The lowest BCUT2D eigenvalue weighted by molar-refractivity contribution is -0.137. The number of rotatable bonds is 6. The summed E-state index contributed by atoms with van der Waals surface area (Å²) >= 11 is 0. The molecule has 1 amide bonds. The van der Waals surface area contributed by atoms with Crippen LogP contribution in [0.3, 0.4) is 0 Å². The number of ether oxygens (including phenoxy) is 1. The third kappa shape index (κ3) is 6.14. The standard InChI is InChI=1S/C25H24F3N3O4/c1-14-8-9-18(10-15(14)2)17(4)29-22(33)13-35-24(34)23-21(32)11-16(3)31(30-23)20-7-5-6-19(12-20)25(26,27)28/h5-12,17H,13H2,1-4H3,(H,29,33). The number of nitrogens with zero attached hydrogens (tertiary/aromatic N) is 2. The maximum atomic E-state index is 13.1. The van der Waals surface area contributed by atoms with Crippen LogP contribution in [0, 0.1) is 20.8 Å². The van der Waals surface area contributed by atoms with E-state index in [1.807, 2.05) is 32.0 Å². The predicted molar refractivity (Wildman–Crippen MR) is 122 cm³/mol. The molecule has 0 saturated heterocycles. The van der Waals surface area contributed by atoms with E-state index in [1.54, 1.807) is 6.92 Å². The Labute approximate surface area is 199 Å². The van der Waals surface area contributed by atoms with Gasteiger partial charge in [-0.1, -0.05) is 24.3 Å². The molecule has 1 aromatic heterocycles. The minimum atomic E-state index is -4.58. The maximum Gasteiger partial charge on any atom is 0.416 e. The number of aryl methyl sites for hydroxylation is 3. The van der Waals surface area contributed by atoms with Crippen molar-refractivity contribution in [3.63, 3.8) is 0 Å².